The first-order valence-corrected chi connectivity index (χ1v) is 8.04. The predicted octanol–water partition coefficient (Wildman–Crippen LogP) is 2.96. The first-order chi connectivity index (χ1) is 10.2. The van der Waals surface area contributed by atoms with Crippen molar-refractivity contribution in [2.75, 3.05) is 20.1 Å². The molecule has 1 atom stereocenters. The monoisotopic (exact) mass is 341 g/mol. The summed E-state index contributed by atoms with van der Waals surface area (Å²) >= 11 is 1.45. The normalized spacial score (nSPS) is 18.1. The Bertz CT molecular complexity index is 640. The molecule has 1 fully saturated rings. The van der Waals surface area contributed by atoms with Crippen molar-refractivity contribution >= 4 is 29.7 Å². The van der Waals surface area contributed by atoms with E-state index in [1.54, 1.807) is 0 Å². The van der Waals surface area contributed by atoms with Gasteiger partial charge in [0.25, 0.3) is 5.91 Å². The van der Waals surface area contributed by atoms with Gasteiger partial charge in [-0.1, -0.05) is 0 Å². The Kier molecular flexibility index (Phi) is 5.61. The molecule has 3 rings (SSSR count). The fraction of sp³-hybridized carbons (Fsp3) is 0.467. The molecule has 1 saturated heterocycles. The first kappa shape index (κ1) is 17.0. The molecule has 3 heterocycles. The largest absolute Gasteiger partial charge is 0.459 e. The van der Waals surface area contributed by atoms with E-state index < -0.39 is 0 Å². The highest BCUT2D eigenvalue weighted by atomic mass is 35.5. The average Bonchev–Trinajstić information content (AvgIpc) is 3.15. The smallest absolute Gasteiger partial charge is 0.273 e. The molecule has 7 heteroatoms. The second kappa shape index (κ2) is 7.26. The number of rotatable bonds is 3. The van der Waals surface area contributed by atoms with Crippen molar-refractivity contribution in [3.63, 3.8) is 0 Å². The second-order valence-corrected chi connectivity index (χ2v) is 6.19. The summed E-state index contributed by atoms with van der Waals surface area (Å²) in [6.07, 6.45) is 2.15. The number of aromatic nitrogens is 1. The maximum Gasteiger partial charge on any atom is 0.273 e. The molecule has 1 unspecified atom stereocenters. The summed E-state index contributed by atoms with van der Waals surface area (Å²) in [6.45, 7) is 3.46. The van der Waals surface area contributed by atoms with Crippen LogP contribution in [0.2, 0.25) is 0 Å². The van der Waals surface area contributed by atoms with Gasteiger partial charge in [-0.05, 0) is 38.9 Å². The van der Waals surface area contributed by atoms with Crippen molar-refractivity contribution in [1.29, 1.82) is 0 Å². The number of hydrogen-bond acceptors (Lipinski definition) is 5. The summed E-state index contributed by atoms with van der Waals surface area (Å²) in [5, 5.41) is 5.82. The Morgan fingerprint density at radius 3 is 3.00 bits per heavy atom. The molecule has 0 aliphatic carbocycles. The predicted molar refractivity (Wildman–Crippen MR) is 89.8 cm³/mol. The number of carbonyl (C=O) groups is 1. The van der Waals surface area contributed by atoms with Gasteiger partial charge in [-0.25, -0.2) is 4.98 Å². The fourth-order valence-electron chi connectivity index (χ4n) is 2.59. The highest BCUT2D eigenvalue weighted by Gasteiger charge is 2.25. The Hall–Kier alpha value is -1.37. The van der Waals surface area contributed by atoms with Crippen LogP contribution in [0.1, 0.15) is 29.1 Å². The lowest BCUT2D eigenvalue weighted by Gasteiger charge is -2.32. The van der Waals surface area contributed by atoms with Crippen molar-refractivity contribution in [3.05, 3.63) is 29.0 Å². The third-order valence-corrected chi connectivity index (χ3v) is 4.65. The number of thiazole rings is 1. The summed E-state index contributed by atoms with van der Waals surface area (Å²) in [6, 6.07) is 4.18. The molecule has 0 aromatic carbocycles. The number of aryl methyl sites for hydroxylation is 1. The van der Waals surface area contributed by atoms with E-state index in [2.05, 4.69) is 10.3 Å². The lowest BCUT2D eigenvalue weighted by atomic mass is 10.1. The number of piperidine rings is 1. The van der Waals surface area contributed by atoms with Crippen LogP contribution in [0.4, 0.5) is 0 Å². The number of furan rings is 1. The van der Waals surface area contributed by atoms with Crippen molar-refractivity contribution in [1.82, 2.24) is 15.2 Å². The number of likely N-dealkylation sites (tertiary alicyclic amines) is 1. The maximum absolute atomic E-state index is 12.5. The van der Waals surface area contributed by atoms with Gasteiger partial charge in [0, 0.05) is 24.5 Å². The lowest BCUT2D eigenvalue weighted by Crippen LogP contribution is -2.47. The summed E-state index contributed by atoms with van der Waals surface area (Å²) in [5.74, 6) is 1.59. The van der Waals surface area contributed by atoms with Gasteiger partial charge in [-0.2, -0.15) is 0 Å². The Morgan fingerprint density at radius 1 is 1.50 bits per heavy atom. The molecule has 1 amide bonds. The molecule has 1 aliphatic heterocycles. The van der Waals surface area contributed by atoms with E-state index in [1.165, 1.54) is 11.3 Å². The van der Waals surface area contributed by atoms with Gasteiger partial charge in [0.2, 0.25) is 0 Å². The van der Waals surface area contributed by atoms with E-state index in [-0.39, 0.29) is 18.3 Å². The van der Waals surface area contributed by atoms with E-state index >= 15 is 0 Å². The standard InChI is InChI=1S/C15H19N3O2S.ClH/c1-10-5-6-13(20-10)14-17-12(9-21-14)15(19)18-7-3-4-11(8-18)16-2;/h5-6,9,11,16H,3-4,7-8H2,1-2H3;1H. The van der Waals surface area contributed by atoms with Crippen LogP contribution in [0.15, 0.2) is 21.9 Å². The number of halogens is 1. The van der Waals surface area contributed by atoms with Gasteiger partial charge in [0.15, 0.2) is 10.8 Å². The Balaban J connectivity index is 0.00000176. The van der Waals surface area contributed by atoms with Gasteiger partial charge >= 0.3 is 0 Å². The third-order valence-electron chi connectivity index (χ3n) is 3.79. The zero-order valence-corrected chi connectivity index (χ0v) is 14.3. The minimum atomic E-state index is 0. The topological polar surface area (TPSA) is 58.4 Å². The maximum atomic E-state index is 12.5. The van der Waals surface area contributed by atoms with E-state index in [1.807, 2.05) is 36.4 Å². The van der Waals surface area contributed by atoms with Crippen LogP contribution in [0, 0.1) is 6.92 Å². The Morgan fingerprint density at radius 2 is 2.32 bits per heavy atom. The van der Waals surface area contributed by atoms with Crippen LogP contribution in [-0.4, -0.2) is 42.0 Å². The summed E-state index contributed by atoms with van der Waals surface area (Å²) in [5.41, 5.74) is 0.515. The zero-order valence-electron chi connectivity index (χ0n) is 12.7. The van der Waals surface area contributed by atoms with Crippen LogP contribution in [-0.2, 0) is 0 Å². The molecule has 2 aromatic rings. The SMILES string of the molecule is CNC1CCCN(C(=O)c2csc(-c3ccc(C)o3)n2)C1.Cl. The molecule has 0 bridgehead atoms. The molecule has 1 aliphatic rings. The highest BCUT2D eigenvalue weighted by Crippen LogP contribution is 2.26. The van der Waals surface area contributed by atoms with E-state index in [0.717, 1.165) is 42.5 Å². The molecule has 0 radical (unpaired) electrons. The van der Waals surface area contributed by atoms with Crippen molar-refractivity contribution in [3.8, 4) is 10.8 Å². The number of nitrogens with zero attached hydrogens (tertiary/aromatic N) is 2. The zero-order chi connectivity index (χ0) is 14.8. The van der Waals surface area contributed by atoms with Crippen LogP contribution in [0.5, 0.6) is 0 Å². The van der Waals surface area contributed by atoms with Crippen LogP contribution in [0.25, 0.3) is 10.8 Å². The molecule has 1 N–H and O–H groups in total. The number of hydrogen-bond donors (Lipinski definition) is 1. The van der Waals surface area contributed by atoms with Crippen LogP contribution >= 0.6 is 23.7 Å². The number of carbonyl (C=O) groups excluding carboxylic acids is 1. The molecule has 5 nitrogen and oxygen atoms in total. The number of nitrogens with one attached hydrogen (secondary N) is 1. The van der Waals surface area contributed by atoms with E-state index in [4.69, 9.17) is 4.42 Å². The van der Waals surface area contributed by atoms with Crippen LogP contribution < -0.4 is 5.32 Å². The highest BCUT2D eigenvalue weighted by molar-refractivity contribution is 7.13. The summed E-state index contributed by atoms with van der Waals surface area (Å²) in [4.78, 5) is 18.8. The minimum Gasteiger partial charge on any atom is -0.459 e. The van der Waals surface area contributed by atoms with Gasteiger partial charge in [-0.15, -0.1) is 23.7 Å². The third kappa shape index (κ3) is 3.51. The van der Waals surface area contributed by atoms with Gasteiger partial charge in [-0.3, -0.25) is 4.79 Å². The minimum absolute atomic E-state index is 0. The second-order valence-electron chi connectivity index (χ2n) is 5.33. The quantitative estimate of drug-likeness (QED) is 0.932. The Labute approximate surface area is 140 Å². The number of amides is 1. The first-order valence-electron chi connectivity index (χ1n) is 7.16. The van der Waals surface area contributed by atoms with Gasteiger partial charge < -0.3 is 14.6 Å². The summed E-state index contributed by atoms with van der Waals surface area (Å²) < 4.78 is 5.56. The van der Waals surface area contributed by atoms with Crippen molar-refractivity contribution < 1.29 is 9.21 Å². The average molecular weight is 342 g/mol. The van der Waals surface area contributed by atoms with Crippen molar-refractivity contribution in [2.45, 2.75) is 25.8 Å². The molecular formula is C15H20ClN3O2S. The van der Waals surface area contributed by atoms with Crippen LogP contribution in [0.3, 0.4) is 0 Å². The van der Waals surface area contributed by atoms with Gasteiger partial charge in [0.1, 0.15) is 11.5 Å². The molecule has 120 valence electrons. The van der Waals surface area contributed by atoms with E-state index in [9.17, 15) is 4.79 Å². The number of likely N-dealkylation sites (N-methyl/N-ethyl adjacent to an activating group) is 1. The van der Waals surface area contributed by atoms with Crippen molar-refractivity contribution in [2.24, 2.45) is 0 Å². The molecule has 22 heavy (non-hydrogen) atoms. The fourth-order valence-corrected chi connectivity index (χ4v) is 3.35. The molecule has 0 spiro atoms. The lowest BCUT2D eigenvalue weighted by molar-refractivity contribution is 0.0693. The van der Waals surface area contributed by atoms with Gasteiger partial charge in [0.05, 0.1) is 0 Å². The molecular weight excluding hydrogens is 322 g/mol. The van der Waals surface area contributed by atoms with E-state index in [0.29, 0.717) is 11.7 Å². The summed E-state index contributed by atoms with van der Waals surface area (Å²) in [7, 11) is 1.94. The molecule has 0 saturated carbocycles. The molecule has 2 aromatic heterocycles.